The van der Waals surface area contributed by atoms with E-state index in [1.165, 1.54) is 16.8 Å². The molecule has 0 saturated carbocycles. The number of piperidine rings is 1. The first kappa shape index (κ1) is 19.9. The maximum Gasteiger partial charge on any atom is 0.272 e. The fourth-order valence-corrected chi connectivity index (χ4v) is 4.33. The number of hydrogen-bond acceptors (Lipinski definition) is 3. The van der Waals surface area contributed by atoms with Crippen LogP contribution in [0.5, 0.6) is 0 Å². The number of nitrogens with zero attached hydrogens (tertiary/aromatic N) is 2. The van der Waals surface area contributed by atoms with Crippen molar-refractivity contribution in [1.82, 2.24) is 20.4 Å². The van der Waals surface area contributed by atoms with Gasteiger partial charge in [-0.2, -0.15) is 5.10 Å². The van der Waals surface area contributed by atoms with Gasteiger partial charge in [0.25, 0.3) is 5.91 Å². The van der Waals surface area contributed by atoms with Gasteiger partial charge in [0, 0.05) is 17.3 Å². The molecule has 2 aliphatic rings. The number of benzene rings is 1. The minimum absolute atomic E-state index is 0. The van der Waals surface area contributed by atoms with Gasteiger partial charge in [0.2, 0.25) is 0 Å². The molecule has 1 aliphatic heterocycles. The van der Waals surface area contributed by atoms with E-state index in [-0.39, 0.29) is 24.4 Å². The van der Waals surface area contributed by atoms with Gasteiger partial charge >= 0.3 is 0 Å². The molecule has 1 aromatic carbocycles. The number of hydrogen-bond donors (Lipinski definition) is 2. The average Bonchev–Trinajstić information content (AvgIpc) is 3.20. The molecule has 1 aliphatic carbocycles. The van der Waals surface area contributed by atoms with Crippen LogP contribution in [0.2, 0.25) is 0 Å². The predicted octanol–water partition coefficient (Wildman–Crippen LogP) is 3.13. The van der Waals surface area contributed by atoms with E-state index >= 15 is 0 Å². The van der Waals surface area contributed by atoms with Crippen molar-refractivity contribution in [2.45, 2.75) is 52.5 Å². The fraction of sp³-hybridized carbons (Fsp3) is 0.524. The molecule has 1 aromatic heterocycles. The molecule has 0 spiro atoms. The molecule has 2 atom stereocenters. The molecule has 0 radical (unpaired) electrons. The van der Waals surface area contributed by atoms with Crippen molar-refractivity contribution < 1.29 is 4.79 Å². The molecular weight excluding hydrogens is 360 g/mol. The number of rotatable bonds is 3. The van der Waals surface area contributed by atoms with Crippen molar-refractivity contribution in [1.29, 1.82) is 0 Å². The zero-order valence-corrected chi connectivity index (χ0v) is 17.2. The van der Waals surface area contributed by atoms with E-state index in [2.05, 4.69) is 49.6 Å². The van der Waals surface area contributed by atoms with Crippen LogP contribution in [0.1, 0.15) is 52.6 Å². The Balaban J connectivity index is 0.00000210. The molecule has 2 N–H and O–H groups in total. The Hall–Kier alpha value is -1.85. The third kappa shape index (κ3) is 3.76. The van der Waals surface area contributed by atoms with Gasteiger partial charge in [-0.3, -0.25) is 4.79 Å². The molecule has 2 aromatic rings. The van der Waals surface area contributed by atoms with E-state index in [1.54, 1.807) is 0 Å². The number of amides is 1. The lowest BCUT2D eigenvalue weighted by molar-refractivity contribution is 0.0907. The van der Waals surface area contributed by atoms with E-state index in [0.29, 0.717) is 11.6 Å². The second kappa shape index (κ2) is 8.03. The normalized spacial score (nSPS) is 21.4. The highest BCUT2D eigenvalue weighted by molar-refractivity contribution is 5.94. The van der Waals surface area contributed by atoms with Gasteiger partial charge in [-0.15, -0.1) is 12.4 Å². The average molecular weight is 389 g/mol. The van der Waals surface area contributed by atoms with Crippen LogP contribution < -0.4 is 10.6 Å². The first-order chi connectivity index (χ1) is 12.5. The Bertz CT molecular complexity index is 845. The zero-order chi connectivity index (χ0) is 18.3. The van der Waals surface area contributed by atoms with Crippen LogP contribution in [0.3, 0.4) is 0 Å². The highest BCUT2D eigenvalue weighted by atomic mass is 35.5. The summed E-state index contributed by atoms with van der Waals surface area (Å²) in [5, 5.41) is 11.4. The SMILES string of the molecule is Cc1ccc(-n2nc(C(=O)NC3CCNCC3C)c3c2CCC3)c(C)c1.Cl. The van der Waals surface area contributed by atoms with Gasteiger partial charge in [-0.05, 0) is 70.2 Å². The lowest BCUT2D eigenvalue weighted by atomic mass is 9.95. The van der Waals surface area contributed by atoms with E-state index in [0.717, 1.165) is 50.0 Å². The first-order valence-corrected chi connectivity index (χ1v) is 9.74. The minimum Gasteiger partial charge on any atom is -0.348 e. The van der Waals surface area contributed by atoms with Crippen molar-refractivity contribution in [3.8, 4) is 5.69 Å². The number of fused-ring (bicyclic) bond motifs is 1. The Labute approximate surface area is 167 Å². The molecule has 1 saturated heterocycles. The summed E-state index contributed by atoms with van der Waals surface area (Å²) >= 11 is 0. The molecule has 0 bridgehead atoms. The molecule has 5 nitrogen and oxygen atoms in total. The summed E-state index contributed by atoms with van der Waals surface area (Å²) in [5.41, 5.74) is 6.50. The van der Waals surface area contributed by atoms with Gasteiger partial charge in [0.15, 0.2) is 5.69 Å². The monoisotopic (exact) mass is 388 g/mol. The Morgan fingerprint density at radius 1 is 1.30 bits per heavy atom. The number of aromatic nitrogens is 2. The molecule has 1 fully saturated rings. The Morgan fingerprint density at radius 2 is 2.11 bits per heavy atom. The van der Waals surface area contributed by atoms with Gasteiger partial charge < -0.3 is 10.6 Å². The third-order valence-corrected chi connectivity index (χ3v) is 5.83. The van der Waals surface area contributed by atoms with E-state index in [9.17, 15) is 4.79 Å². The van der Waals surface area contributed by atoms with Crippen molar-refractivity contribution >= 4 is 18.3 Å². The fourth-order valence-electron chi connectivity index (χ4n) is 4.33. The third-order valence-electron chi connectivity index (χ3n) is 5.83. The summed E-state index contributed by atoms with van der Waals surface area (Å²) in [4.78, 5) is 13.0. The van der Waals surface area contributed by atoms with Crippen LogP contribution in [0.15, 0.2) is 18.2 Å². The van der Waals surface area contributed by atoms with Crippen molar-refractivity contribution in [3.05, 3.63) is 46.3 Å². The number of halogens is 1. The maximum atomic E-state index is 13.0. The van der Waals surface area contributed by atoms with Crippen LogP contribution in [0, 0.1) is 19.8 Å². The van der Waals surface area contributed by atoms with Gasteiger partial charge in [-0.1, -0.05) is 24.6 Å². The van der Waals surface area contributed by atoms with Gasteiger partial charge in [0.1, 0.15) is 0 Å². The Morgan fingerprint density at radius 3 is 2.85 bits per heavy atom. The van der Waals surface area contributed by atoms with Crippen LogP contribution >= 0.6 is 12.4 Å². The second-order valence-electron chi connectivity index (χ2n) is 7.88. The molecule has 2 unspecified atom stereocenters. The molecule has 27 heavy (non-hydrogen) atoms. The van der Waals surface area contributed by atoms with Crippen molar-refractivity contribution in [2.75, 3.05) is 13.1 Å². The number of aryl methyl sites for hydroxylation is 2. The van der Waals surface area contributed by atoms with Crippen LogP contribution in [0.4, 0.5) is 0 Å². The molecule has 1 amide bonds. The minimum atomic E-state index is -0.00888. The predicted molar refractivity (Wildman–Crippen MR) is 110 cm³/mol. The largest absolute Gasteiger partial charge is 0.348 e. The van der Waals surface area contributed by atoms with Crippen molar-refractivity contribution in [2.24, 2.45) is 5.92 Å². The highest BCUT2D eigenvalue weighted by Crippen LogP contribution is 2.29. The van der Waals surface area contributed by atoms with Crippen LogP contribution in [-0.2, 0) is 12.8 Å². The Kier molecular flexibility index (Phi) is 5.92. The topological polar surface area (TPSA) is 59.0 Å². The van der Waals surface area contributed by atoms with Crippen molar-refractivity contribution in [3.63, 3.8) is 0 Å². The molecule has 6 heteroatoms. The van der Waals surface area contributed by atoms with E-state index in [1.807, 2.05) is 4.68 Å². The summed E-state index contributed by atoms with van der Waals surface area (Å²) in [7, 11) is 0. The maximum absolute atomic E-state index is 13.0. The molecule has 4 rings (SSSR count). The molecular formula is C21H29ClN4O. The zero-order valence-electron chi connectivity index (χ0n) is 16.3. The number of carbonyl (C=O) groups is 1. The summed E-state index contributed by atoms with van der Waals surface area (Å²) in [5.74, 6) is 0.438. The van der Waals surface area contributed by atoms with Crippen LogP contribution in [0.25, 0.3) is 5.69 Å². The summed E-state index contributed by atoms with van der Waals surface area (Å²) in [6, 6.07) is 6.63. The quantitative estimate of drug-likeness (QED) is 0.849. The second-order valence-corrected chi connectivity index (χ2v) is 7.88. The molecule has 2 heterocycles. The summed E-state index contributed by atoms with van der Waals surface area (Å²) < 4.78 is 2.01. The summed E-state index contributed by atoms with van der Waals surface area (Å²) in [6.45, 7) is 8.32. The first-order valence-electron chi connectivity index (χ1n) is 9.74. The number of carbonyl (C=O) groups excluding carboxylic acids is 1. The van der Waals surface area contributed by atoms with E-state index in [4.69, 9.17) is 5.10 Å². The van der Waals surface area contributed by atoms with Gasteiger partial charge in [0.05, 0.1) is 5.69 Å². The van der Waals surface area contributed by atoms with E-state index < -0.39 is 0 Å². The van der Waals surface area contributed by atoms with Gasteiger partial charge in [-0.25, -0.2) is 4.68 Å². The lowest BCUT2D eigenvalue weighted by Crippen LogP contribution is -2.48. The lowest BCUT2D eigenvalue weighted by Gasteiger charge is -2.30. The highest BCUT2D eigenvalue weighted by Gasteiger charge is 2.30. The molecule has 146 valence electrons. The summed E-state index contributed by atoms with van der Waals surface area (Å²) in [6.07, 6.45) is 4.02. The van der Waals surface area contributed by atoms with Crippen LogP contribution in [-0.4, -0.2) is 34.8 Å². The standard InChI is InChI=1S/C21H28N4O.ClH/c1-13-7-8-18(14(2)11-13)25-19-6-4-5-16(19)20(24-25)21(26)23-17-9-10-22-12-15(17)3;/h7-8,11,15,17,22H,4-6,9-10,12H2,1-3H3,(H,23,26);1H. The smallest absolute Gasteiger partial charge is 0.272 e. The number of nitrogens with one attached hydrogen (secondary N) is 2.